The van der Waals surface area contributed by atoms with Crippen LogP contribution in [0.4, 0.5) is 5.69 Å². The Morgan fingerprint density at radius 1 is 0.774 bits per heavy atom. The van der Waals surface area contributed by atoms with Gasteiger partial charge in [-0.25, -0.2) is 0 Å². The number of anilines is 1. The van der Waals surface area contributed by atoms with Crippen molar-refractivity contribution in [2.75, 3.05) is 57.7 Å². The van der Waals surface area contributed by atoms with Gasteiger partial charge in [-0.2, -0.15) is 0 Å². The summed E-state index contributed by atoms with van der Waals surface area (Å²) < 4.78 is 0. The third-order valence-corrected chi connectivity index (χ3v) is 4.37. The minimum atomic E-state index is -0.406. The van der Waals surface area contributed by atoms with E-state index in [0.29, 0.717) is 32.5 Å². The van der Waals surface area contributed by atoms with Crippen molar-refractivity contribution in [3.05, 3.63) is 29.3 Å². The van der Waals surface area contributed by atoms with E-state index in [-0.39, 0.29) is 67.6 Å². The zero-order valence-electron chi connectivity index (χ0n) is 17.7. The summed E-state index contributed by atoms with van der Waals surface area (Å²) in [6, 6.07) is 4.42. The second kappa shape index (κ2) is 14.2. The highest BCUT2D eigenvalue weighted by atomic mass is 16.2. The van der Waals surface area contributed by atoms with Gasteiger partial charge >= 0.3 is 0 Å². The topological polar surface area (TPSA) is 191 Å². The molecule has 0 aliphatic carbocycles. The highest BCUT2D eigenvalue weighted by molar-refractivity contribution is 6.02. The van der Waals surface area contributed by atoms with Crippen LogP contribution in [0, 0.1) is 0 Å². The molecule has 0 heterocycles. The molecule has 11 nitrogen and oxygen atoms in total. The number of benzene rings is 1. The standard InChI is InChI=1S/C20H33N7O4/c21-3-7-26(8-4-22)19(30)15-12-16(20(31)27(9-5-23)10-6-24)14-17(13-15)25-18(29)2-1-11-28/h11-14H,1-10,21-24H2,(H,25,29). The summed E-state index contributed by atoms with van der Waals surface area (Å²) in [6.07, 6.45) is 0.700. The maximum absolute atomic E-state index is 13.0. The van der Waals surface area contributed by atoms with Crippen LogP contribution in [-0.4, -0.2) is 86.2 Å². The summed E-state index contributed by atoms with van der Waals surface area (Å²) in [6.45, 7) is 2.18. The molecule has 11 heteroatoms. The molecule has 0 unspecified atom stereocenters. The lowest BCUT2D eigenvalue weighted by Gasteiger charge is -2.24. The van der Waals surface area contributed by atoms with E-state index in [4.69, 9.17) is 22.9 Å². The fraction of sp³-hybridized carbons (Fsp3) is 0.500. The number of carbonyl (C=O) groups is 4. The van der Waals surface area contributed by atoms with Gasteiger partial charge in [-0.1, -0.05) is 0 Å². The maximum atomic E-state index is 13.0. The van der Waals surface area contributed by atoms with E-state index < -0.39 is 5.91 Å². The molecule has 0 atom stereocenters. The predicted molar refractivity (Wildman–Crippen MR) is 118 cm³/mol. The summed E-state index contributed by atoms with van der Waals surface area (Å²) >= 11 is 0. The van der Waals surface area contributed by atoms with Gasteiger partial charge in [-0.3, -0.25) is 14.4 Å². The van der Waals surface area contributed by atoms with E-state index in [2.05, 4.69) is 5.32 Å². The summed E-state index contributed by atoms with van der Waals surface area (Å²) in [5, 5.41) is 2.64. The normalized spacial score (nSPS) is 10.5. The zero-order valence-corrected chi connectivity index (χ0v) is 17.7. The molecule has 1 aromatic carbocycles. The van der Waals surface area contributed by atoms with E-state index >= 15 is 0 Å². The van der Waals surface area contributed by atoms with Gasteiger partial charge < -0.3 is 42.8 Å². The Morgan fingerprint density at radius 2 is 1.19 bits per heavy atom. The fourth-order valence-corrected chi connectivity index (χ4v) is 2.98. The number of rotatable bonds is 14. The SMILES string of the molecule is NCCN(CCN)C(=O)c1cc(NC(=O)CCC=O)cc(C(=O)N(CCN)CCN)c1. The van der Waals surface area contributed by atoms with Crippen molar-refractivity contribution < 1.29 is 19.2 Å². The molecule has 0 saturated heterocycles. The van der Waals surface area contributed by atoms with Crippen LogP contribution in [0.1, 0.15) is 33.6 Å². The smallest absolute Gasteiger partial charge is 0.254 e. The second-order valence-electron chi connectivity index (χ2n) is 6.79. The van der Waals surface area contributed by atoms with Gasteiger partial charge in [0.05, 0.1) is 0 Å². The van der Waals surface area contributed by atoms with Gasteiger partial charge in [0.1, 0.15) is 6.29 Å². The molecule has 1 aromatic rings. The third-order valence-electron chi connectivity index (χ3n) is 4.37. The Hall–Kier alpha value is -2.86. The van der Waals surface area contributed by atoms with Crippen LogP contribution < -0.4 is 28.3 Å². The molecule has 0 aliphatic heterocycles. The van der Waals surface area contributed by atoms with Crippen molar-refractivity contribution in [2.24, 2.45) is 22.9 Å². The molecule has 3 amide bonds. The van der Waals surface area contributed by atoms with Crippen molar-refractivity contribution in [3.8, 4) is 0 Å². The van der Waals surface area contributed by atoms with Gasteiger partial charge in [-0.05, 0) is 18.2 Å². The summed E-state index contributed by atoms with van der Waals surface area (Å²) in [4.78, 5) is 51.6. The van der Waals surface area contributed by atoms with Crippen LogP contribution in [0.25, 0.3) is 0 Å². The molecule has 0 aliphatic rings. The molecular formula is C20H33N7O4. The van der Waals surface area contributed by atoms with E-state index in [9.17, 15) is 19.2 Å². The number of carbonyl (C=O) groups excluding carboxylic acids is 4. The largest absolute Gasteiger partial charge is 0.336 e. The van der Waals surface area contributed by atoms with E-state index in [1.165, 1.54) is 28.0 Å². The van der Waals surface area contributed by atoms with Gasteiger partial charge in [0.15, 0.2) is 0 Å². The number of nitrogens with zero attached hydrogens (tertiary/aromatic N) is 2. The molecule has 31 heavy (non-hydrogen) atoms. The second-order valence-corrected chi connectivity index (χ2v) is 6.79. The lowest BCUT2D eigenvalue weighted by atomic mass is 10.1. The Morgan fingerprint density at radius 3 is 1.55 bits per heavy atom. The first-order chi connectivity index (χ1) is 14.9. The average Bonchev–Trinajstić information content (AvgIpc) is 2.76. The van der Waals surface area contributed by atoms with Crippen molar-refractivity contribution in [1.82, 2.24) is 9.80 Å². The van der Waals surface area contributed by atoms with E-state index in [1.54, 1.807) is 0 Å². The molecular weight excluding hydrogens is 402 g/mol. The van der Waals surface area contributed by atoms with Crippen molar-refractivity contribution in [2.45, 2.75) is 12.8 Å². The Kier molecular flexibility index (Phi) is 12.0. The molecule has 0 radical (unpaired) electrons. The first kappa shape index (κ1) is 26.2. The summed E-state index contributed by atoms with van der Waals surface area (Å²) in [5.41, 5.74) is 23.1. The van der Waals surface area contributed by atoms with Gasteiger partial charge in [-0.15, -0.1) is 0 Å². The summed E-state index contributed by atoms with van der Waals surface area (Å²) in [5.74, 6) is -1.13. The maximum Gasteiger partial charge on any atom is 0.254 e. The molecule has 0 bridgehead atoms. The Bertz CT molecular complexity index is 699. The zero-order chi connectivity index (χ0) is 23.2. The van der Waals surface area contributed by atoms with E-state index in [0.717, 1.165) is 0 Å². The molecule has 0 fully saturated rings. The lowest BCUT2D eigenvalue weighted by molar-refractivity contribution is -0.118. The molecule has 0 aromatic heterocycles. The number of hydrogen-bond donors (Lipinski definition) is 5. The van der Waals surface area contributed by atoms with Crippen molar-refractivity contribution >= 4 is 29.7 Å². The molecule has 0 saturated carbocycles. The number of aldehydes is 1. The van der Waals surface area contributed by atoms with Gasteiger partial charge in [0.2, 0.25) is 5.91 Å². The summed E-state index contributed by atoms with van der Waals surface area (Å²) in [7, 11) is 0. The minimum Gasteiger partial charge on any atom is -0.336 e. The lowest BCUT2D eigenvalue weighted by Crippen LogP contribution is -2.40. The van der Waals surface area contributed by atoms with Gasteiger partial charge in [0, 0.05) is 82.0 Å². The van der Waals surface area contributed by atoms with Crippen LogP contribution in [0.2, 0.25) is 0 Å². The molecule has 0 spiro atoms. The van der Waals surface area contributed by atoms with Crippen LogP contribution in [0.15, 0.2) is 18.2 Å². The van der Waals surface area contributed by atoms with Crippen LogP contribution >= 0.6 is 0 Å². The fourth-order valence-electron chi connectivity index (χ4n) is 2.98. The molecule has 9 N–H and O–H groups in total. The predicted octanol–water partition coefficient (Wildman–Crippen LogP) is -1.68. The van der Waals surface area contributed by atoms with E-state index in [1.807, 2.05) is 0 Å². The first-order valence-electron chi connectivity index (χ1n) is 10.2. The molecule has 172 valence electrons. The van der Waals surface area contributed by atoms with Gasteiger partial charge in [0.25, 0.3) is 11.8 Å². The van der Waals surface area contributed by atoms with Crippen molar-refractivity contribution in [3.63, 3.8) is 0 Å². The Balaban J connectivity index is 3.34. The Labute approximate surface area is 182 Å². The van der Waals surface area contributed by atoms with Crippen LogP contribution in [-0.2, 0) is 9.59 Å². The third kappa shape index (κ3) is 8.42. The number of amides is 3. The highest BCUT2D eigenvalue weighted by Gasteiger charge is 2.21. The number of nitrogens with two attached hydrogens (primary N) is 4. The monoisotopic (exact) mass is 435 g/mol. The number of hydrogen-bond acceptors (Lipinski definition) is 8. The van der Waals surface area contributed by atoms with Crippen LogP contribution in [0.5, 0.6) is 0 Å². The van der Waals surface area contributed by atoms with Crippen LogP contribution in [0.3, 0.4) is 0 Å². The highest BCUT2D eigenvalue weighted by Crippen LogP contribution is 2.19. The minimum absolute atomic E-state index is 0.0100. The quantitative estimate of drug-likeness (QED) is 0.214. The first-order valence-corrected chi connectivity index (χ1v) is 10.2. The van der Waals surface area contributed by atoms with Crippen molar-refractivity contribution in [1.29, 1.82) is 0 Å². The number of nitrogens with one attached hydrogen (secondary N) is 1. The molecule has 1 rings (SSSR count). The average molecular weight is 436 g/mol.